The molecule has 2 N–H and O–H groups in total. The summed E-state index contributed by atoms with van der Waals surface area (Å²) in [7, 11) is -1.61. The summed E-state index contributed by atoms with van der Waals surface area (Å²) in [6.07, 6.45) is 2.82. The summed E-state index contributed by atoms with van der Waals surface area (Å²) in [4.78, 5) is 0.263. The van der Waals surface area contributed by atoms with Crippen LogP contribution in [0.5, 0.6) is 5.75 Å². The highest BCUT2D eigenvalue weighted by molar-refractivity contribution is 7.98. The van der Waals surface area contributed by atoms with Crippen LogP contribution in [0.1, 0.15) is 13.3 Å². The highest BCUT2D eigenvalue weighted by atomic mass is 32.2. The summed E-state index contributed by atoms with van der Waals surface area (Å²) in [6, 6.07) is 6.42. The van der Waals surface area contributed by atoms with Crippen LogP contribution < -0.4 is 14.8 Å². The Hall–Kier alpha value is -0.760. The molecule has 0 heterocycles. The molecule has 1 atom stereocenters. The third-order valence-corrected chi connectivity index (χ3v) is 5.12. The average Bonchev–Trinajstić information content (AvgIpc) is 2.45. The lowest BCUT2D eigenvalue weighted by atomic mass is 10.3. The molecule has 21 heavy (non-hydrogen) atoms. The van der Waals surface area contributed by atoms with Crippen molar-refractivity contribution in [2.75, 3.05) is 32.2 Å². The average molecular weight is 332 g/mol. The number of thioether (sulfide) groups is 1. The minimum Gasteiger partial charge on any atom is -0.492 e. The number of hydrogen-bond acceptors (Lipinski definition) is 5. The third-order valence-electron chi connectivity index (χ3n) is 2.87. The molecule has 0 aliphatic rings. The van der Waals surface area contributed by atoms with E-state index in [1.165, 1.54) is 0 Å². The number of benzene rings is 1. The van der Waals surface area contributed by atoms with Gasteiger partial charge in [0.15, 0.2) is 0 Å². The first-order valence-electron chi connectivity index (χ1n) is 6.88. The van der Waals surface area contributed by atoms with E-state index in [-0.39, 0.29) is 10.9 Å². The van der Waals surface area contributed by atoms with Gasteiger partial charge in [-0.05, 0) is 56.7 Å². The van der Waals surface area contributed by atoms with Crippen molar-refractivity contribution >= 4 is 21.8 Å². The summed E-state index contributed by atoms with van der Waals surface area (Å²) in [5, 5.41) is 2.98. The molecule has 0 saturated heterocycles. The van der Waals surface area contributed by atoms with Gasteiger partial charge in [-0.2, -0.15) is 11.8 Å². The Balaban J connectivity index is 2.62. The predicted octanol–water partition coefficient (Wildman–Crippen LogP) is 1.70. The van der Waals surface area contributed by atoms with Gasteiger partial charge < -0.3 is 10.1 Å². The molecule has 1 aromatic rings. The maximum absolute atomic E-state index is 12.2. The van der Waals surface area contributed by atoms with Crippen molar-refractivity contribution in [2.24, 2.45) is 0 Å². The van der Waals surface area contributed by atoms with Gasteiger partial charge >= 0.3 is 0 Å². The van der Waals surface area contributed by atoms with Crippen LogP contribution in [0.15, 0.2) is 29.2 Å². The van der Waals surface area contributed by atoms with Crippen molar-refractivity contribution in [3.8, 4) is 5.75 Å². The van der Waals surface area contributed by atoms with Gasteiger partial charge in [-0.1, -0.05) is 0 Å². The maximum atomic E-state index is 12.2. The van der Waals surface area contributed by atoms with E-state index in [1.807, 2.05) is 20.2 Å². The van der Waals surface area contributed by atoms with Crippen LogP contribution in [0, 0.1) is 0 Å². The van der Waals surface area contributed by atoms with Crippen LogP contribution in [0.4, 0.5) is 0 Å². The maximum Gasteiger partial charge on any atom is 0.240 e. The standard InChI is InChI=1S/C14H24N2O3S2/c1-12(8-11-20-3)16-21(17,18)14-6-4-13(5-7-14)19-10-9-15-2/h4-7,12,15-16H,8-11H2,1-3H3. The summed E-state index contributed by atoms with van der Waals surface area (Å²) >= 11 is 1.71. The second-order valence-corrected chi connectivity index (χ2v) is 7.43. The zero-order valence-electron chi connectivity index (χ0n) is 12.8. The van der Waals surface area contributed by atoms with Gasteiger partial charge in [-0.25, -0.2) is 13.1 Å². The van der Waals surface area contributed by atoms with E-state index >= 15 is 0 Å². The molecule has 5 nitrogen and oxygen atoms in total. The van der Waals surface area contributed by atoms with Gasteiger partial charge in [-0.3, -0.25) is 0 Å². The fourth-order valence-corrected chi connectivity index (χ4v) is 3.54. The molecule has 0 aromatic heterocycles. The van der Waals surface area contributed by atoms with Crippen LogP contribution in [0.3, 0.4) is 0 Å². The molecule has 1 rings (SSSR count). The Morgan fingerprint density at radius 1 is 1.29 bits per heavy atom. The van der Waals surface area contributed by atoms with Crippen LogP contribution in [0.2, 0.25) is 0 Å². The number of nitrogens with one attached hydrogen (secondary N) is 2. The van der Waals surface area contributed by atoms with Gasteiger partial charge in [-0.15, -0.1) is 0 Å². The van der Waals surface area contributed by atoms with E-state index in [4.69, 9.17) is 4.74 Å². The van der Waals surface area contributed by atoms with Crippen molar-refractivity contribution in [1.82, 2.24) is 10.0 Å². The lowest BCUT2D eigenvalue weighted by Gasteiger charge is -2.14. The molecule has 0 aliphatic heterocycles. The van der Waals surface area contributed by atoms with Crippen molar-refractivity contribution < 1.29 is 13.2 Å². The number of rotatable bonds is 10. The molecule has 0 aliphatic carbocycles. The zero-order valence-corrected chi connectivity index (χ0v) is 14.4. The van der Waals surface area contributed by atoms with Crippen molar-refractivity contribution in [3.63, 3.8) is 0 Å². The minimum absolute atomic E-state index is 0.0750. The van der Waals surface area contributed by atoms with E-state index < -0.39 is 10.0 Å². The Bertz CT molecular complexity index is 503. The molecular formula is C14H24N2O3S2. The van der Waals surface area contributed by atoms with Gasteiger partial charge in [0.2, 0.25) is 10.0 Å². The largest absolute Gasteiger partial charge is 0.492 e. The molecule has 0 amide bonds. The SMILES string of the molecule is CNCCOc1ccc(S(=O)(=O)NC(C)CCSC)cc1. The molecule has 0 saturated carbocycles. The van der Waals surface area contributed by atoms with E-state index in [0.717, 1.165) is 18.7 Å². The smallest absolute Gasteiger partial charge is 0.240 e. The number of likely N-dealkylation sites (N-methyl/N-ethyl adjacent to an activating group) is 1. The first-order valence-corrected chi connectivity index (χ1v) is 9.76. The van der Waals surface area contributed by atoms with E-state index in [0.29, 0.717) is 12.4 Å². The van der Waals surface area contributed by atoms with Crippen LogP contribution in [-0.4, -0.2) is 46.7 Å². The molecule has 1 aromatic carbocycles. The van der Waals surface area contributed by atoms with Gasteiger partial charge in [0, 0.05) is 12.6 Å². The second-order valence-electron chi connectivity index (χ2n) is 4.73. The Kier molecular flexibility index (Phi) is 8.10. The molecular weight excluding hydrogens is 308 g/mol. The Morgan fingerprint density at radius 3 is 2.52 bits per heavy atom. The molecule has 0 spiro atoms. The first kappa shape index (κ1) is 18.3. The van der Waals surface area contributed by atoms with Crippen LogP contribution in [-0.2, 0) is 10.0 Å². The molecule has 1 unspecified atom stereocenters. The third kappa shape index (κ3) is 6.69. The lowest BCUT2D eigenvalue weighted by molar-refractivity contribution is 0.318. The Morgan fingerprint density at radius 2 is 1.95 bits per heavy atom. The van der Waals surface area contributed by atoms with E-state index in [1.54, 1.807) is 36.0 Å². The molecule has 120 valence electrons. The highest BCUT2D eigenvalue weighted by Gasteiger charge is 2.17. The van der Waals surface area contributed by atoms with Gasteiger partial charge in [0.25, 0.3) is 0 Å². The van der Waals surface area contributed by atoms with Crippen molar-refractivity contribution in [1.29, 1.82) is 0 Å². The zero-order chi connectivity index (χ0) is 15.7. The molecule has 0 radical (unpaired) electrons. The molecule has 7 heteroatoms. The van der Waals surface area contributed by atoms with Crippen molar-refractivity contribution in [2.45, 2.75) is 24.3 Å². The topological polar surface area (TPSA) is 67.4 Å². The summed E-state index contributed by atoms with van der Waals surface area (Å²) in [5.41, 5.74) is 0. The van der Waals surface area contributed by atoms with Crippen LogP contribution >= 0.6 is 11.8 Å². The molecule has 0 bridgehead atoms. The van der Waals surface area contributed by atoms with E-state index in [9.17, 15) is 8.42 Å². The van der Waals surface area contributed by atoms with Crippen LogP contribution in [0.25, 0.3) is 0 Å². The number of hydrogen-bond donors (Lipinski definition) is 2. The summed E-state index contributed by atoms with van der Waals surface area (Å²) in [6.45, 7) is 3.17. The quantitative estimate of drug-likeness (QED) is 0.639. The number of sulfonamides is 1. The van der Waals surface area contributed by atoms with Gasteiger partial charge in [0.05, 0.1) is 4.90 Å². The number of ether oxygens (including phenoxy) is 1. The molecule has 0 fully saturated rings. The first-order chi connectivity index (χ1) is 9.99. The van der Waals surface area contributed by atoms with Crippen molar-refractivity contribution in [3.05, 3.63) is 24.3 Å². The fourth-order valence-electron chi connectivity index (χ4n) is 1.67. The Labute approximate surface area is 131 Å². The predicted molar refractivity (Wildman–Crippen MR) is 88.6 cm³/mol. The highest BCUT2D eigenvalue weighted by Crippen LogP contribution is 2.16. The lowest BCUT2D eigenvalue weighted by Crippen LogP contribution is -2.32. The summed E-state index contributed by atoms with van der Waals surface area (Å²) in [5.74, 6) is 1.60. The van der Waals surface area contributed by atoms with E-state index in [2.05, 4.69) is 10.0 Å². The fraction of sp³-hybridized carbons (Fsp3) is 0.571. The summed E-state index contributed by atoms with van der Waals surface area (Å²) < 4.78 is 32.6. The normalized spacial score (nSPS) is 13.1. The monoisotopic (exact) mass is 332 g/mol. The second kappa shape index (κ2) is 9.30. The minimum atomic E-state index is -3.46. The van der Waals surface area contributed by atoms with Gasteiger partial charge in [0.1, 0.15) is 12.4 Å².